The van der Waals surface area contributed by atoms with Gasteiger partial charge in [0, 0.05) is 31.4 Å². The van der Waals surface area contributed by atoms with Crippen LogP contribution in [0.25, 0.3) is 10.3 Å². The van der Waals surface area contributed by atoms with Gasteiger partial charge in [0.15, 0.2) is 22.3 Å². The Hall–Kier alpha value is -3.34. The average molecular weight is 500 g/mol. The molecule has 2 aromatic heterocycles. The van der Waals surface area contributed by atoms with E-state index in [1.807, 2.05) is 6.92 Å². The summed E-state index contributed by atoms with van der Waals surface area (Å²) in [6.45, 7) is 6.81. The van der Waals surface area contributed by atoms with E-state index in [0.29, 0.717) is 47.4 Å². The van der Waals surface area contributed by atoms with Gasteiger partial charge in [-0.2, -0.15) is 0 Å². The number of anilines is 2. The highest BCUT2D eigenvalue weighted by atomic mass is 32.1. The first-order valence-electron chi connectivity index (χ1n) is 12.0. The zero-order valence-electron chi connectivity index (χ0n) is 19.9. The normalized spacial score (nSPS) is 16.0. The van der Waals surface area contributed by atoms with Gasteiger partial charge in [-0.25, -0.2) is 9.78 Å². The Balaban J connectivity index is 1.47. The number of hydrogen-bond acceptors (Lipinski definition) is 8. The molecule has 0 saturated carbocycles. The van der Waals surface area contributed by atoms with Crippen molar-refractivity contribution in [2.45, 2.75) is 46.2 Å². The highest BCUT2D eigenvalue weighted by molar-refractivity contribution is 7.22. The van der Waals surface area contributed by atoms with E-state index in [1.54, 1.807) is 18.2 Å². The van der Waals surface area contributed by atoms with Crippen LogP contribution in [0.2, 0.25) is 0 Å². The van der Waals surface area contributed by atoms with Crippen LogP contribution in [0, 0.1) is 5.92 Å². The molecule has 2 aliphatic rings. The summed E-state index contributed by atoms with van der Waals surface area (Å²) in [5, 5.41) is 3.54. The van der Waals surface area contributed by atoms with E-state index in [0.717, 1.165) is 31.1 Å². The van der Waals surface area contributed by atoms with Crippen LogP contribution in [0.4, 0.5) is 10.8 Å². The topological polar surface area (TPSA) is 108 Å². The van der Waals surface area contributed by atoms with E-state index >= 15 is 0 Å². The van der Waals surface area contributed by atoms with Gasteiger partial charge in [-0.1, -0.05) is 25.2 Å². The van der Waals surface area contributed by atoms with Gasteiger partial charge in [0.05, 0.1) is 0 Å². The Labute approximate surface area is 206 Å². The van der Waals surface area contributed by atoms with Crippen LogP contribution in [-0.4, -0.2) is 46.3 Å². The number of benzene rings is 1. The Kier molecular flexibility index (Phi) is 6.50. The summed E-state index contributed by atoms with van der Waals surface area (Å²) in [5.41, 5.74) is -0.0645. The third-order valence-corrected chi connectivity index (χ3v) is 7.48. The van der Waals surface area contributed by atoms with Crippen molar-refractivity contribution in [2.75, 3.05) is 36.5 Å². The molecule has 1 saturated heterocycles. The lowest BCUT2D eigenvalue weighted by Gasteiger charge is -2.29. The highest BCUT2D eigenvalue weighted by Crippen LogP contribution is 2.33. The average Bonchev–Trinajstić information content (AvgIpc) is 3.30. The van der Waals surface area contributed by atoms with Crippen molar-refractivity contribution in [1.29, 1.82) is 0 Å². The number of nitrogens with zero attached hydrogens (tertiary/aromatic N) is 4. The molecule has 4 heterocycles. The quantitative estimate of drug-likeness (QED) is 0.556. The molecule has 11 heteroatoms. The number of fused-ring (bicyclic) bond motifs is 2. The lowest BCUT2D eigenvalue weighted by Crippen LogP contribution is -2.41. The van der Waals surface area contributed by atoms with Gasteiger partial charge in [0.2, 0.25) is 5.91 Å². The number of hydrogen-bond donors (Lipinski definition) is 1. The van der Waals surface area contributed by atoms with Gasteiger partial charge in [0.1, 0.15) is 24.5 Å². The highest BCUT2D eigenvalue weighted by Gasteiger charge is 2.24. The molecule has 1 N–H and O–H groups in total. The van der Waals surface area contributed by atoms with E-state index in [9.17, 15) is 14.4 Å². The van der Waals surface area contributed by atoms with Gasteiger partial charge >= 0.3 is 5.69 Å². The summed E-state index contributed by atoms with van der Waals surface area (Å²) in [6.07, 6.45) is 2.74. The van der Waals surface area contributed by atoms with Crippen LogP contribution >= 0.6 is 11.3 Å². The SMILES string of the molecule is CCCn1c(=O)c2sc(N3CCC(C)CC3)nc2n(CC(=O)Nc2ccc3c(c2)OCCO3)c1=O. The van der Waals surface area contributed by atoms with Crippen molar-refractivity contribution < 1.29 is 14.3 Å². The molecule has 1 fully saturated rings. The Morgan fingerprint density at radius 2 is 1.89 bits per heavy atom. The third-order valence-electron chi connectivity index (χ3n) is 6.38. The molecule has 35 heavy (non-hydrogen) atoms. The maximum atomic E-state index is 13.3. The van der Waals surface area contributed by atoms with E-state index in [1.165, 1.54) is 20.5 Å². The predicted molar refractivity (Wildman–Crippen MR) is 135 cm³/mol. The molecule has 2 aliphatic heterocycles. The summed E-state index contributed by atoms with van der Waals surface area (Å²) in [5.74, 6) is 1.45. The fourth-order valence-corrected chi connectivity index (χ4v) is 5.50. The minimum Gasteiger partial charge on any atom is -0.486 e. The van der Waals surface area contributed by atoms with Gasteiger partial charge in [-0.15, -0.1) is 0 Å². The van der Waals surface area contributed by atoms with Crippen LogP contribution in [0.3, 0.4) is 0 Å². The number of piperidine rings is 1. The molecule has 1 aromatic carbocycles. The third kappa shape index (κ3) is 4.64. The first kappa shape index (κ1) is 23.4. The van der Waals surface area contributed by atoms with E-state index in [4.69, 9.17) is 9.47 Å². The molecule has 0 atom stereocenters. The van der Waals surface area contributed by atoms with Gasteiger partial charge < -0.3 is 19.7 Å². The van der Waals surface area contributed by atoms with Crippen LogP contribution in [0.15, 0.2) is 27.8 Å². The standard InChI is InChI=1S/C24H29N5O5S/c1-3-8-28-22(31)20-21(26-23(35-20)27-9-6-15(2)7-10-27)29(24(28)32)14-19(30)25-16-4-5-17-18(13-16)34-12-11-33-17/h4-5,13,15H,3,6-12,14H2,1-2H3,(H,25,30). The second-order valence-electron chi connectivity index (χ2n) is 9.05. The minimum atomic E-state index is -0.522. The molecule has 0 unspecified atom stereocenters. The molecule has 5 rings (SSSR count). The van der Waals surface area contributed by atoms with E-state index < -0.39 is 11.6 Å². The zero-order valence-corrected chi connectivity index (χ0v) is 20.7. The fraction of sp³-hybridized carbons (Fsp3) is 0.500. The van der Waals surface area contributed by atoms with Gasteiger partial charge in [-0.05, 0) is 37.3 Å². The molecule has 10 nitrogen and oxygen atoms in total. The zero-order chi connectivity index (χ0) is 24.5. The number of aromatic nitrogens is 3. The van der Waals surface area contributed by atoms with Crippen LogP contribution in [0.1, 0.15) is 33.1 Å². The van der Waals surface area contributed by atoms with Gasteiger partial charge in [-0.3, -0.25) is 18.7 Å². The Morgan fingerprint density at radius 1 is 1.14 bits per heavy atom. The minimum absolute atomic E-state index is 0.256. The molecular formula is C24H29N5O5S. The molecule has 1 amide bonds. The van der Waals surface area contributed by atoms with Crippen LogP contribution in [0.5, 0.6) is 11.5 Å². The Morgan fingerprint density at radius 3 is 2.63 bits per heavy atom. The second-order valence-corrected chi connectivity index (χ2v) is 10.0. The number of thiazole rings is 1. The maximum Gasteiger partial charge on any atom is 0.333 e. The van der Waals surface area contributed by atoms with E-state index in [2.05, 4.69) is 22.1 Å². The number of carbonyl (C=O) groups excluding carboxylic acids is 1. The molecule has 0 spiro atoms. The maximum absolute atomic E-state index is 13.3. The van der Waals surface area contributed by atoms with Crippen LogP contribution < -0.4 is 30.9 Å². The molecule has 186 valence electrons. The summed E-state index contributed by atoms with van der Waals surface area (Å²) < 4.78 is 14.0. The largest absolute Gasteiger partial charge is 0.486 e. The van der Waals surface area contributed by atoms with Crippen molar-refractivity contribution in [3.63, 3.8) is 0 Å². The predicted octanol–water partition coefficient (Wildman–Crippen LogP) is 2.68. The Bertz CT molecular complexity index is 1370. The van der Waals surface area contributed by atoms with Gasteiger partial charge in [0.25, 0.3) is 5.56 Å². The number of amides is 1. The fourth-order valence-electron chi connectivity index (χ4n) is 4.43. The van der Waals surface area contributed by atoms with Crippen molar-refractivity contribution in [3.8, 4) is 11.5 Å². The van der Waals surface area contributed by atoms with E-state index in [-0.39, 0.29) is 24.3 Å². The lowest BCUT2D eigenvalue weighted by atomic mass is 10.00. The molecule has 0 bridgehead atoms. The molecule has 3 aromatic rings. The number of carbonyl (C=O) groups is 1. The van der Waals surface area contributed by atoms with Crippen molar-refractivity contribution in [3.05, 3.63) is 39.0 Å². The lowest BCUT2D eigenvalue weighted by molar-refractivity contribution is -0.116. The summed E-state index contributed by atoms with van der Waals surface area (Å²) >= 11 is 1.30. The first-order valence-corrected chi connectivity index (χ1v) is 12.8. The monoisotopic (exact) mass is 499 g/mol. The summed E-state index contributed by atoms with van der Waals surface area (Å²) in [6, 6.07) is 5.16. The number of rotatable bonds is 6. The smallest absolute Gasteiger partial charge is 0.333 e. The summed E-state index contributed by atoms with van der Waals surface area (Å²) in [4.78, 5) is 46.2. The van der Waals surface area contributed by atoms with Crippen molar-refractivity contribution in [1.82, 2.24) is 14.1 Å². The number of ether oxygens (including phenoxy) is 2. The summed E-state index contributed by atoms with van der Waals surface area (Å²) in [7, 11) is 0. The molecule has 0 radical (unpaired) electrons. The number of nitrogens with one attached hydrogen (secondary N) is 1. The molecule has 0 aliphatic carbocycles. The van der Waals surface area contributed by atoms with Crippen LogP contribution in [-0.2, 0) is 17.9 Å². The first-order chi connectivity index (χ1) is 16.9. The van der Waals surface area contributed by atoms with Crippen molar-refractivity contribution >= 4 is 38.4 Å². The van der Waals surface area contributed by atoms with Crippen molar-refractivity contribution in [2.24, 2.45) is 5.92 Å². The second kappa shape index (κ2) is 9.73. The molecular weight excluding hydrogens is 470 g/mol.